The van der Waals surface area contributed by atoms with Crippen molar-refractivity contribution in [3.05, 3.63) is 23.8 Å². The quantitative estimate of drug-likeness (QED) is 0.648. The molecule has 36 heavy (non-hydrogen) atoms. The predicted molar refractivity (Wildman–Crippen MR) is 132 cm³/mol. The Hall–Kier alpha value is -1.95. The number of nitrogens with one attached hydrogen (secondary N) is 1. The monoisotopic (exact) mass is 509 g/mol. The van der Waals surface area contributed by atoms with Crippen molar-refractivity contribution < 1.29 is 38.4 Å². The maximum Gasteiger partial charge on any atom is 0.251 e. The molecule has 2 aliphatic heterocycles. The first-order valence-corrected chi connectivity index (χ1v) is 12.7. The summed E-state index contributed by atoms with van der Waals surface area (Å²) in [5, 5.41) is 16.9. The minimum absolute atomic E-state index is 0.114. The highest BCUT2D eigenvalue weighted by atomic mass is 16.6. The molecule has 1 radical (unpaired) electrons. The fourth-order valence-electron chi connectivity index (χ4n) is 4.70. The molecule has 203 valence electrons. The third kappa shape index (κ3) is 8.57. The number of nitrogens with zero attached hydrogens (tertiary/aromatic N) is 1. The van der Waals surface area contributed by atoms with Gasteiger partial charge in [0, 0.05) is 22.7 Å². The normalized spacial score (nSPS) is 23.2. The Labute approximate surface area is 214 Å². The summed E-state index contributed by atoms with van der Waals surface area (Å²) in [6.45, 7) is 11.9. The van der Waals surface area contributed by atoms with Crippen LogP contribution in [0.1, 0.15) is 50.9 Å². The Morgan fingerprint density at radius 3 is 1.69 bits per heavy atom. The van der Waals surface area contributed by atoms with Crippen molar-refractivity contribution in [2.24, 2.45) is 0 Å². The van der Waals surface area contributed by atoms with Crippen molar-refractivity contribution in [3.8, 4) is 11.5 Å². The van der Waals surface area contributed by atoms with Gasteiger partial charge in [-0.2, -0.15) is 0 Å². The highest BCUT2D eigenvalue weighted by Crippen LogP contribution is 2.37. The topological polar surface area (TPSA) is 108 Å². The highest BCUT2D eigenvalue weighted by molar-refractivity contribution is 5.95. The van der Waals surface area contributed by atoms with Gasteiger partial charge in [0.15, 0.2) is 11.5 Å². The molecule has 3 rings (SSSR count). The summed E-state index contributed by atoms with van der Waals surface area (Å²) in [7, 11) is 0. The zero-order chi connectivity index (χ0) is 26.0. The second kappa shape index (κ2) is 13.6. The minimum Gasteiger partial charge on any atom is -0.487 e. The third-order valence-corrected chi connectivity index (χ3v) is 6.22. The van der Waals surface area contributed by atoms with E-state index in [-0.39, 0.29) is 11.9 Å². The van der Waals surface area contributed by atoms with Crippen LogP contribution in [0.3, 0.4) is 0 Å². The van der Waals surface area contributed by atoms with E-state index in [0.29, 0.717) is 96.0 Å². The Kier molecular flexibility index (Phi) is 10.8. The van der Waals surface area contributed by atoms with Crippen LogP contribution in [0.25, 0.3) is 0 Å². The molecule has 1 N–H and O–H groups in total. The van der Waals surface area contributed by atoms with Crippen LogP contribution in [0.4, 0.5) is 0 Å². The van der Waals surface area contributed by atoms with Crippen LogP contribution in [0, 0.1) is 0 Å². The summed E-state index contributed by atoms with van der Waals surface area (Å²) in [4.78, 5) is 13.1. The van der Waals surface area contributed by atoms with E-state index in [1.807, 2.05) is 27.7 Å². The fraction of sp³-hybridized carbons (Fsp3) is 0.731. The van der Waals surface area contributed by atoms with E-state index >= 15 is 0 Å². The Balaban J connectivity index is 1.64. The number of benzene rings is 1. The van der Waals surface area contributed by atoms with Gasteiger partial charge in [-0.25, -0.2) is 0 Å². The van der Waals surface area contributed by atoms with Crippen molar-refractivity contribution in [3.63, 3.8) is 0 Å². The van der Waals surface area contributed by atoms with Gasteiger partial charge in [-0.15, -0.1) is 10.3 Å². The average molecular weight is 510 g/mol. The largest absolute Gasteiger partial charge is 0.487 e. The van der Waals surface area contributed by atoms with E-state index in [1.54, 1.807) is 18.2 Å². The fourth-order valence-corrected chi connectivity index (χ4v) is 4.70. The van der Waals surface area contributed by atoms with Crippen molar-refractivity contribution in [1.29, 1.82) is 0 Å². The van der Waals surface area contributed by atoms with Gasteiger partial charge >= 0.3 is 0 Å². The molecule has 10 heteroatoms. The van der Waals surface area contributed by atoms with E-state index < -0.39 is 11.1 Å². The van der Waals surface area contributed by atoms with E-state index in [2.05, 4.69) is 5.32 Å². The van der Waals surface area contributed by atoms with Gasteiger partial charge < -0.3 is 33.7 Å². The molecule has 0 atom stereocenters. The first-order valence-electron chi connectivity index (χ1n) is 12.7. The Bertz CT molecular complexity index is 814. The van der Waals surface area contributed by atoms with Crippen LogP contribution in [0.2, 0.25) is 0 Å². The van der Waals surface area contributed by atoms with Gasteiger partial charge in [0.2, 0.25) is 0 Å². The zero-order valence-electron chi connectivity index (χ0n) is 22.0. The number of fused-ring (bicyclic) bond motifs is 1. The van der Waals surface area contributed by atoms with Gasteiger partial charge in [-0.05, 0) is 58.7 Å². The summed E-state index contributed by atoms with van der Waals surface area (Å²) < 4.78 is 33.8. The van der Waals surface area contributed by atoms with Gasteiger partial charge in [0.1, 0.15) is 13.2 Å². The van der Waals surface area contributed by atoms with E-state index in [1.165, 1.54) is 0 Å². The molecule has 0 bridgehead atoms. The molecule has 1 saturated heterocycles. The molecular formula is C26H41N2O8. The number of ether oxygens (including phenoxy) is 6. The summed E-state index contributed by atoms with van der Waals surface area (Å²) in [5.41, 5.74) is -0.671. The number of rotatable bonds is 2. The number of carbonyl (C=O) groups is 1. The Morgan fingerprint density at radius 1 is 0.750 bits per heavy atom. The van der Waals surface area contributed by atoms with E-state index in [0.717, 1.165) is 5.06 Å². The van der Waals surface area contributed by atoms with Crippen molar-refractivity contribution in [2.45, 2.75) is 57.7 Å². The van der Waals surface area contributed by atoms with Crippen LogP contribution < -0.4 is 14.8 Å². The molecule has 10 nitrogen and oxygen atoms in total. The van der Waals surface area contributed by atoms with Crippen LogP contribution >= 0.6 is 0 Å². The number of hydroxylamine groups is 2. The number of hydrogen-bond donors (Lipinski definition) is 1. The molecule has 0 saturated carbocycles. The molecule has 0 aromatic heterocycles. The maximum absolute atomic E-state index is 13.1. The van der Waals surface area contributed by atoms with Crippen LogP contribution in [0.15, 0.2) is 18.2 Å². The molecule has 2 heterocycles. The molecule has 1 fully saturated rings. The van der Waals surface area contributed by atoms with Crippen LogP contribution in [0.5, 0.6) is 11.5 Å². The standard InChI is InChI=1S/C26H41N2O8/c1-25(2)18-21(19-26(3,4)28(25)30)27-24(29)20-5-6-22-23(17-20)36-16-14-34-12-10-32-8-7-31-9-11-33-13-15-35-22/h5-6,17,21H,7-16,18-19H2,1-4H3,(H,27,29). The van der Waals surface area contributed by atoms with Crippen molar-refractivity contribution in [1.82, 2.24) is 10.4 Å². The first-order chi connectivity index (χ1) is 17.2. The van der Waals surface area contributed by atoms with Gasteiger partial charge in [0.05, 0.1) is 52.9 Å². The van der Waals surface area contributed by atoms with E-state index in [9.17, 15) is 10.0 Å². The summed E-state index contributed by atoms with van der Waals surface area (Å²) >= 11 is 0. The first kappa shape index (κ1) is 28.6. The van der Waals surface area contributed by atoms with Gasteiger partial charge in [-0.1, -0.05) is 0 Å². The van der Waals surface area contributed by atoms with Gasteiger partial charge in [0.25, 0.3) is 5.91 Å². The lowest BCUT2D eigenvalue weighted by molar-refractivity contribution is -0.289. The second-order valence-corrected chi connectivity index (χ2v) is 10.3. The molecule has 0 spiro atoms. The molecule has 1 aromatic rings. The summed E-state index contributed by atoms with van der Waals surface area (Å²) in [6.07, 6.45) is 1.14. The molecule has 1 aromatic carbocycles. The molecule has 2 aliphatic rings. The minimum atomic E-state index is -0.566. The number of hydrogen-bond acceptors (Lipinski definition) is 8. The van der Waals surface area contributed by atoms with Crippen molar-refractivity contribution >= 4 is 5.91 Å². The van der Waals surface area contributed by atoms with E-state index in [4.69, 9.17) is 28.4 Å². The lowest BCUT2D eigenvalue weighted by Crippen LogP contribution is -2.62. The molecular weight excluding hydrogens is 468 g/mol. The lowest BCUT2D eigenvalue weighted by Gasteiger charge is -2.50. The molecule has 0 unspecified atom stereocenters. The van der Waals surface area contributed by atoms with Crippen LogP contribution in [-0.4, -0.2) is 94.2 Å². The number of amides is 1. The Morgan fingerprint density at radius 2 is 1.19 bits per heavy atom. The van der Waals surface area contributed by atoms with Crippen molar-refractivity contribution in [2.75, 3.05) is 66.1 Å². The summed E-state index contributed by atoms with van der Waals surface area (Å²) in [6, 6.07) is 5.01. The smallest absolute Gasteiger partial charge is 0.251 e. The maximum atomic E-state index is 13.1. The molecule has 1 amide bonds. The van der Waals surface area contributed by atoms with Gasteiger partial charge in [-0.3, -0.25) is 4.79 Å². The average Bonchev–Trinajstić information content (AvgIpc) is 2.81. The second-order valence-electron chi connectivity index (χ2n) is 10.3. The van der Waals surface area contributed by atoms with Crippen LogP contribution in [-0.2, 0) is 24.2 Å². The highest BCUT2D eigenvalue weighted by Gasteiger charge is 2.46. The zero-order valence-corrected chi connectivity index (χ0v) is 22.0. The molecule has 0 aliphatic carbocycles. The summed E-state index contributed by atoms with van der Waals surface area (Å²) in [5.74, 6) is 0.772. The number of carbonyl (C=O) groups excluding carboxylic acids is 1. The third-order valence-electron chi connectivity index (χ3n) is 6.22. The lowest BCUT2D eigenvalue weighted by atomic mass is 9.79. The number of piperidine rings is 1. The predicted octanol–water partition coefficient (Wildman–Crippen LogP) is 2.62. The SMILES string of the molecule is CC1(C)CC(NC(=O)c2ccc3c(c2)OCCOCCOCCOCCOCCO3)CC(C)(C)N1[O].